The largest absolute Gasteiger partial charge is 0.310 e. The lowest BCUT2D eigenvalue weighted by molar-refractivity contribution is 0.342. The van der Waals surface area contributed by atoms with E-state index < -0.39 is 0 Å². The van der Waals surface area contributed by atoms with Crippen molar-refractivity contribution in [3.05, 3.63) is 35.4 Å². The lowest BCUT2D eigenvalue weighted by atomic mass is 9.88. The zero-order valence-corrected chi connectivity index (χ0v) is 11.7. The summed E-state index contributed by atoms with van der Waals surface area (Å²) in [7, 11) is 0. The summed E-state index contributed by atoms with van der Waals surface area (Å²) >= 11 is 0. The Labute approximate surface area is 111 Å². The molecular formula is C17H25N. The van der Waals surface area contributed by atoms with Gasteiger partial charge < -0.3 is 5.32 Å². The van der Waals surface area contributed by atoms with Crippen LogP contribution in [0.2, 0.25) is 0 Å². The van der Waals surface area contributed by atoms with Crippen molar-refractivity contribution in [1.29, 1.82) is 0 Å². The number of benzene rings is 1. The zero-order chi connectivity index (χ0) is 12.5. The van der Waals surface area contributed by atoms with Crippen LogP contribution in [0, 0.1) is 24.7 Å². The van der Waals surface area contributed by atoms with Crippen molar-refractivity contribution >= 4 is 0 Å². The minimum Gasteiger partial charge on any atom is -0.310 e. The summed E-state index contributed by atoms with van der Waals surface area (Å²) < 4.78 is 0. The molecule has 18 heavy (non-hydrogen) atoms. The molecule has 2 saturated carbocycles. The van der Waals surface area contributed by atoms with Crippen molar-refractivity contribution in [3.63, 3.8) is 0 Å². The van der Waals surface area contributed by atoms with E-state index in [0.717, 1.165) is 24.3 Å². The second kappa shape index (κ2) is 5.05. The minimum atomic E-state index is 0.596. The van der Waals surface area contributed by atoms with Gasteiger partial charge in [0.1, 0.15) is 0 Å². The predicted octanol–water partition coefficient (Wildman–Crippen LogP) is 4.08. The van der Waals surface area contributed by atoms with E-state index in [1.165, 1.54) is 36.8 Å². The van der Waals surface area contributed by atoms with E-state index in [9.17, 15) is 0 Å². The van der Waals surface area contributed by atoms with Gasteiger partial charge in [0.05, 0.1) is 0 Å². The number of hydrogen-bond acceptors (Lipinski definition) is 1. The molecule has 1 nitrogen and oxygen atoms in total. The van der Waals surface area contributed by atoms with Crippen LogP contribution in [0.3, 0.4) is 0 Å². The molecule has 0 radical (unpaired) electrons. The molecule has 3 rings (SSSR count). The van der Waals surface area contributed by atoms with Crippen LogP contribution in [-0.2, 0) is 0 Å². The van der Waals surface area contributed by atoms with Crippen molar-refractivity contribution in [2.24, 2.45) is 17.8 Å². The topological polar surface area (TPSA) is 12.0 Å². The molecule has 3 atom stereocenters. The fourth-order valence-electron chi connectivity index (χ4n) is 3.66. The summed E-state index contributed by atoms with van der Waals surface area (Å²) in [5.41, 5.74) is 2.86. The molecule has 0 aliphatic heterocycles. The normalized spacial score (nSPS) is 31.1. The first kappa shape index (κ1) is 12.2. The van der Waals surface area contributed by atoms with Crippen molar-refractivity contribution in [2.75, 3.05) is 6.54 Å². The van der Waals surface area contributed by atoms with Gasteiger partial charge in [-0.3, -0.25) is 0 Å². The SMILES string of the molecule is CCCNC(c1ccc(C)cc1)C1CC2CC2C1. The van der Waals surface area contributed by atoms with Gasteiger partial charge in [0.15, 0.2) is 0 Å². The number of rotatable bonds is 5. The van der Waals surface area contributed by atoms with E-state index in [1.54, 1.807) is 0 Å². The van der Waals surface area contributed by atoms with E-state index in [4.69, 9.17) is 0 Å². The summed E-state index contributed by atoms with van der Waals surface area (Å²) in [6, 6.07) is 9.76. The standard InChI is InChI=1S/C17H25N/c1-3-8-18-17(13-6-4-12(2)5-7-13)16-10-14-9-15(14)11-16/h4-7,14-18H,3,8-11H2,1-2H3. The highest BCUT2D eigenvalue weighted by atomic mass is 14.9. The first-order valence-electron chi connectivity index (χ1n) is 7.58. The lowest BCUT2D eigenvalue weighted by Crippen LogP contribution is -2.28. The number of nitrogens with one attached hydrogen (secondary N) is 1. The summed E-state index contributed by atoms with van der Waals surface area (Å²) in [4.78, 5) is 0. The van der Waals surface area contributed by atoms with Crippen LogP contribution in [0.1, 0.15) is 49.8 Å². The molecule has 2 aliphatic rings. The van der Waals surface area contributed by atoms with Gasteiger partial charge in [-0.2, -0.15) is 0 Å². The minimum absolute atomic E-state index is 0.596. The van der Waals surface area contributed by atoms with Gasteiger partial charge in [-0.25, -0.2) is 0 Å². The van der Waals surface area contributed by atoms with E-state index >= 15 is 0 Å². The summed E-state index contributed by atoms with van der Waals surface area (Å²) in [6.45, 7) is 5.57. The Morgan fingerprint density at radius 3 is 2.39 bits per heavy atom. The maximum absolute atomic E-state index is 3.79. The Morgan fingerprint density at radius 2 is 1.78 bits per heavy atom. The van der Waals surface area contributed by atoms with Gasteiger partial charge in [-0.05, 0) is 62.5 Å². The summed E-state index contributed by atoms with van der Waals surface area (Å²) in [5.74, 6) is 3.03. The number of aryl methyl sites for hydroxylation is 1. The fraction of sp³-hybridized carbons (Fsp3) is 0.647. The second-order valence-electron chi connectivity index (χ2n) is 6.33. The first-order valence-corrected chi connectivity index (χ1v) is 7.58. The molecule has 0 spiro atoms. The van der Waals surface area contributed by atoms with Crippen LogP contribution in [0.25, 0.3) is 0 Å². The Morgan fingerprint density at radius 1 is 1.11 bits per heavy atom. The molecule has 0 heterocycles. The Hall–Kier alpha value is -0.820. The molecule has 1 N–H and O–H groups in total. The van der Waals surface area contributed by atoms with Gasteiger partial charge in [-0.15, -0.1) is 0 Å². The highest BCUT2D eigenvalue weighted by molar-refractivity contribution is 5.25. The molecular weight excluding hydrogens is 218 g/mol. The smallest absolute Gasteiger partial charge is 0.0348 e. The van der Waals surface area contributed by atoms with E-state index in [0.29, 0.717) is 6.04 Å². The highest BCUT2D eigenvalue weighted by Crippen LogP contribution is 2.57. The third kappa shape index (κ3) is 2.47. The van der Waals surface area contributed by atoms with E-state index in [-0.39, 0.29) is 0 Å². The third-order valence-corrected chi connectivity index (χ3v) is 4.80. The second-order valence-corrected chi connectivity index (χ2v) is 6.33. The number of fused-ring (bicyclic) bond motifs is 1. The predicted molar refractivity (Wildman–Crippen MR) is 76.5 cm³/mol. The van der Waals surface area contributed by atoms with Crippen LogP contribution >= 0.6 is 0 Å². The van der Waals surface area contributed by atoms with Gasteiger partial charge >= 0.3 is 0 Å². The van der Waals surface area contributed by atoms with Crippen molar-refractivity contribution < 1.29 is 0 Å². The Kier molecular flexibility index (Phi) is 3.43. The van der Waals surface area contributed by atoms with Crippen molar-refractivity contribution in [2.45, 2.75) is 45.6 Å². The van der Waals surface area contributed by atoms with Crippen molar-refractivity contribution in [3.8, 4) is 0 Å². The molecule has 0 aromatic heterocycles. The molecule has 0 saturated heterocycles. The zero-order valence-electron chi connectivity index (χ0n) is 11.7. The molecule has 1 aromatic rings. The van der Waals surface area contributed by atoms with Crippen molar-refractivity contribution in [1.82, 2.24) is 5.32 Å². The lowest BCUT2D eigenvalue weighted by Gasteiger charge is -2.26. The quantitative estimate of drug-likeness (QED) is 0.821. The monoisotopic (exact) mass is 243 g/mol. The molecule has 0 bridgehead atoms. The third-order valence-electron chi connectivity index (χ3n) is 4.80. The van der Waals surface area contributed by atoms with Crippen LogP contribution in [0.15, 0.2) is 24.3 Å². The summed E-state index contributed by atoms with van der Waals surface area (Å²) in [6.07, 6.45) is 5.66. The van der Waals surface area contributed by atoms with Gasteiger partial charge in [0.2, 0.25) is 0 Å². The molecule has 98 valence electrons. The van der Waals surface area contributed by atoms with E-state index in [1.807, 2.05) is 0 Å². The fourth-order valence-corrected chi connectivity index (χ4v) is 3.66. The van der Waals surface area contributed by atoms with Crippen LogP contribution in [0.4, 0.5) is 0 Å². The maximum atomic E-state index is 3.79. The van der Waals surface area contributed by atoms with Gasteiger partial charge in [-0.1, -0.05) is 36.8 Å². The van der Waals surface area contributed by atoms with Gasteiger partial charge in [0.25, 0.3) is 0 Å². The Bertz CT molecular complexity index is 385. The highest BCUT2D eigenvalue weighted by Gasteiger charge is 2.47. The maximum Gasteiger partial charge on any atom is 0.0348 e. The molecule has 1 heteroatoms. The van der Waals surface area contributed by atoms with Gasteiger partial charge in [0, 0.05) is 6.04 Å². The average Bonchev–Trinajstić information content (AvgIpc) is 2.99. The van der Waals surface area contributed by atoms with E-state index in [2.05, 4.69) is 43.4 Å². The molecule has 3 unspecified atom stereocenters. The molecule has 2 aliphatic carbocycles. The molecule has 0 amide bonds. The molecule has 1 aromatic carbocycles. The van der Waals surface area contributed by atoms with Crippen LogP contribution in [-0.4, -0.2) is 6.54 Å². The first-order chi connectivity index (χ1) is 8.78. The van der Waals surface area contributed by atoms with Crippen LogP contribution < -0.4 is 5.32 Å². The van der Waals surface area contributed by atoms with Crippen LogP contribution in [0.5, 0.6) is 0 Å². The number of hydrogen-bond donors (Lipinski definition) is 1. The molecule has 2 fully saturated rings. The average molecular weight is 243 g/mol. The summed E-state index contributed by atoms with van der Waals surface area (Å²) in [5, 5.41) is 3.79. The Balaban J connectivity index is 1.73.